The minimum absolute atomic E-state index is 0.0583. The average Bonchev–Trinajstić information content (AvgIpc) is 2.28. The Bertz CT molecular complexity index is 555. The van der Waals surface area contributed by atoms with Crippen LogP contribution in [-0.4, -0.2) is 4.98 Å². The van der Waals surface area contributed by atoms with E-state index in [1.54, 1.807) is 12.1 Å². The minimum Gasteiger partial charge on any atom is -0.439 e. The first kappa shape index (κ1) is 12.2. The molecule has 0 radical (unpaired) electrons. The van der Waals surface area contributed by atoms with E-state index in [-0.39, 0.29) is 17.4 Å². The summed E-state index contributed by atoms with van der Waals surface area (Å²) in [5.41, 5.74) is 4.67. The minimum atomic E-state index is -4.40. The normalized spacial score (nSPS) is 11.3. The lowest BCUT2D eigenvalue weighted by Crippen LogP contribution is -2.04. The third kappa shape index (κ3) is 2.91. The molecule has 1 aromatic carbocycles. The Morgan fingerprint density at radius 1 is 1.06 bits per heavy atom. The van der Waals surface area contributed by atoms with Gasteiger partial charge in [-0.05, 0) is 24.3 Å². The molecular formula is C12H9F3N2O. The van der Waals surface area contributed by atoms with Gasteiger partial charge in [-0.1, -0.05) is 12.1 Å². The van der Waals surface area contributed by atoms with E-state index in [0.29, 0.717) is 0 Å². The molecule has 0 unspecified atom stereocenters. The molecule has 6 heteroatoms. The van der Waals surface area contributed by atoms with Crippen molar-refractivity contribution in [1.29, 1.82) is 0 Å². The Balaban J connectivity index is 2.25. The number of alkyl halides is 3. The lowest BCUT2D eigenvalue weighted by molar-refractivity contribution is -0.137. The number of nitrogen functional groups attached to an aromatic ring is 1. The number of hydrogen-bond donors (Lipinski definition) is 1. The molecule has 2 aromatic rings. The van der Waals surface area contributed by atoms with Gasteiger partial charge in [0.15, 0.2) is 0 Å². The first-order valence-corrected chi connectivity index (χ1v) is 5.03. The lowest BCUT2D eigenvalue weighted by atomic mass is 10.2. The zero-order chi connectivity index (χ0) is 13.2. The van der Waals surface area contributed by atoms with Crippen molar-refractivity contribution in [2.24, 2.45) is 0 Å². The highest BCUT2D eigenvalue weighted by molar-refractivity contribution is 5.36. The number of nitrogens with zero attached hydrogens (tertiary/aromatic N) is 1. The monoisotopic (exact) mass is 254 g/mol. The van der Waals surface area contributed by atoms with E-state index in [1.807, 2.05) is 0 Å². The SMILES string of the molecule is Nc1cccc(Oc2cccc(C(F)(F)F)c2)n1. The van der Waals surface area contributed by atoms with Gasteiger partial charge >= 0.3 is 6.18 Å². The molecule has 3 nitrogen and oxygen atoms in total. The number of anilines is 1. The second-order valence-electron chi connectivity index (χ2n) is 3.53. The first-order valence-electron chi connectivity index (χ1n) is 5.03. The van der Waals surface area contributed by atoms with Crippen LogP contribution in [0.25, 0.3) is 0 Å². The van der Waals surface area contributed by atoms with Crippen LogP contribution < -0.4 is 10.5 Å². The summed E-state index contributed by atoms with van der Waals surface area (Å²) in [6.07, 6.45) is -4.40. The number of benzene rings is 1. The zero-order valence-electron chi connectivity index (χ0n) is 9.11. The van der Waals surface area contributed by atoms with Crippen molar-refractivity contribution in [1.82, 2.24) is 4.98 Å². The van der Waals surface area contributed by atoms with Crippen molar-refractivity contribution < 1.29 is 17.9 Å². The van der Waals surface area contributed by atoms with E-state index in [4.69, 9.17) is 10.5 Å². The van der Waals surface area contributed by atoms with Crippen molar-refractivity contribution in [2.75, 3.05) is 5.73 Å². The molecule has 0 aliphatic heterocycles. The molecule has 94 valence electrons. The highest BCUT2D eigenvalue weighted by Gasteiger charge is 2.30. The maximum atomic E-state index is 12.5. The predicted octanol–water partition coefficient (Wildman–Crippen LogP) is 3.47. The summed E-state index contributed by atoms with van der Waals surface area (Å²) >= 11 is 0. The van der Waals surface area contributed by atoms with E-state index in [9.17, 15) is 13.2 Å². The van der Waals surface area contributed by atoms with E-state index < -0.39 is 11.7 Å². The van der Waals surface area contributed by atoms with Gasteiger partial charge in [-0.2, -0.15) is 18.2 Å². The molecule has 0 aliphatic rings. The van der Waals surface area contributed by atoms with Crippen LogP contribution in [0, 0.1) is 0 Å². The molecule has 18 heavy (non-hydrogen) atoms. The largest absolute Gasteiger partial charge is 0.439 e. The zero-order valence-corrected chi connectivity index (χ0v) is 9.11. The Kier molecular flexibility index (Phi) is 3.10. The summed E-state index contributed by atoms with van der Waals surface area (Å²) in [5, 5.41) is 0. The van der Waals surface area contributed by atoms with E-state index in [2.05, 4.69) is 4.98 Å². The van der Waals surface area contributed by atoms with Gasteiger partial charge in [-0.3, -0.25) is 0 Å². The van der Waals surface area contributed by atoms with Crippen LogP contribution in [-0.2, 0) is 6.18 Å². The van der Waals surface area contributed by atoms with Gasteiger partial charge in [0, 0.05) is 6.07 Å². The standard InChI is InChI=1S/C12H9F3N2O/c13-12(14,15)8-3-1-4-9(7-8)18-11-6-2-5-10(16)17-11/h1-7H,(H2,16,17). The van der Waals surface area contributed by atoms with Gasteiger partial charge in [0.2, 0.25) is 5.88 Å². The molecule has 0 amide bonds. The summed E-state index contributed by atoms with van der Waals surface area (Å²) in [7, 11) is 0. The average molecular weight is 254 g/mol. The Labute approximate surface area is 101 Å². The molecule has 0 spiro atoms. The van der Waals surface area contributed by atoms with Crippen molar-refractivity contribution in [3.05, 3.63) is 48.0 Å². The number of halogens is 3. The smallest absolute Gasteiger partial charge is 0.416 e. The highest BCUT2D eigenvalue weighted by Crippen LogP contribution is 2.32. The third-order valence-electron chi connectivity index (χ3n) is 2.13. The number of hydrogen-bond acceptors (Lipinski definition) is 3. The van der Waals surface area contributed by atoms with Crippen LogP contribution >= 0.6 is 0 Å². The number of ether oxygens (including phenoxy) is 1. The van der Waals surface area contributed by atoms with Crippen LogP contribution in [0.1, 0.15) is 5.56 Å². The second-order valence-corrected chi connectivity index (χ2v) is 3.53. The van der Waals surface area contributed by atoms with Crippen LogP contribution in [0.4, 0.5) is 19.0 Å². The number of rotatable bonds is 2. The van der Waals surface area contributed by atoms with Crippen LogP contribution in [0.15, 0.2) is 42.5 Å². The molecule has 0 atom stereocenters. The summed E-state index contributed by atoms with van der Waals surface area (Å²) in [4.78, 5) is 3.83. The Morgan fingerprint density at radius 2 is 1.78 bits per heavy atom. The van der Waals surface area contributed by atoms with Gasteiger partial charge < -0.3 is 10.5 Å². The molecule has 0 bridgehead atoms. The van der Waals surface area contributed by atoms with Gasteiger partial charge in [0.25, 0.3) is 0 Å². The topological polar surface area (TPSA) is 48.1 Å². The molecule has 0 fully saturated rings. The molecule has 2 N–H and O–H groups in total. The van der Waals surface area contributed by atoms with E-state index >= 15 is 0 Å². The molecule has 1 heterocycles. The van der Waals surface area contributed by atoms with Gasteiger partial charge in [-0.25, -0.2) is 0 Å². The van der Waals surface area contributed by atoms with E-state index in [0.717, 1.165) is 12.1 Å². The molecule has 0 saturated heterocycles. The molecule has 1 aromatic heterocycles. The summed E-state index contributed by atoms with van der Waals surface area (Å²) in [5.74, 6) is 0.441. The van der Waals surface area contributed by atoms with Crippen LogP contribution in [0.2, 0.25) is 0 Å². The molecular weight excluding hydrogens is 245 g/mol. The molecule has 2 rings (SSSR count). The van der Waals surface area contributed by atoms with Crippen LogP contribution in [0.3, 0.4) is 0 Å². The number of nitrogens with two attached hydrogens (primary N) is 1. The highest BCUT2D eigenvalue weighted by atomic mass is 19.4. The second kappa shape index (κ2) is 4.56. The molecule has 0 saturated carbocycles. The first-order chi connectivity index (χ1) is 8.45. The number of pyridine rings is 1. The number of aromatic nitrogens is 1. The third-order valence-corrected chi connectivity index (χ3v) is 2.13. The summed E-state index contributed by atoms with van der Waals surface area (Å²) < 4.78 is 42.6. The summed E-state index contributed by atoms with van der Waals surface area (Å²) in [6.45, 7) is 0. The lowest BCUT2D eigenvalue weighted by Gasteiger charge is -2.09. The van der Waals surface area contributed by atoms with Gasteiger partial charge in [0.05, 0.1) is 5.56 Å². The maximum absolute atomic E-state index is 12.5. The maximum Gasteiger partial charge on any atom is 0.416 e. The fraction of sp³-hybridized carbons (Fsp3) is 0.0833. The fourth-order valence-electron chi connectivity index (χ4n) is 1.34. The fourth-order valence-corrected chi connectivity index (χ4v) is 1.34. The van der Waals surface area contributed by atoms with Crippen molar-refractivity contribution in [3.8, 4) is 11.6 Å². The quantitative estimate of drug-likeness (QED) is 0.892. The van der Waals surface area contributed by atoms with Gasteiger partial charge in [-0.15, -0.1) is 0 Å². The van der Waals surface area contributed by atoms with Crippen LogP contribution in [0.5, 0.6) is 11.6 Å². The van der Waals surface area contributed by atoms with Crippen molar-refractivity contribution in [2.45, 2.75) is 6.18 Å². The predicted molar refractivity (Wildman–Crippen MR) is 60.2 cm³/mol. The summed E-state index contributed by atoms with van der Waals surface area (Å²) in [6, 6.07) is 9.23. The molecule has 0 aliphatic carbocycles. The van der Waals surface area contributed by atoms with Crippen molar-refractivity contribution in [3.63, 3.8) is 0 Å². The van der Waals surface area contributed by atoms with Gasteiger partial charge in [0.1, 0.15) is 11.6 Å². The van der Waals surface area contributed by atoms with Crippen molar-refractivity contribution >= 4 is 5.82 Å². The Morgan fingerprint density at radius 3 is 2.44 bits per heavy atom. The van der Waals surface area contributed by atoms with E-state index in [1.165, 1.54) is 18.2 Å². The Hall–Kier alpha value is -2.24.